The van der Waals surface area contributed by atoms with Crippen LogP contribution in [0.1, 0.15) is 15.9 Å². The van der Waals surface area contributed by atoms with Crippen LogP contribution in [0, 0.1) is 0 Å². The first-order valence-corrected chi connectivity index (χ1v) is 7.09. The highest BCUT2D eigenvalue weighted by atomic mass is 35.5. The smallest absolute Gasteiger partial charge is 0.219 e. The summed E-state index contributed by atoms with van der Waals surface area (Å²) in [7, 11) is 0. The van der Waals surface area contributed by atoms with Crippen LogP contribution in [0.25, 0.3) is 0 Å². The second kappa shape index (κ2) is 6.62. The highest BCUT2D eigenvalue weighted by Gasteiger charge is 2.05. The fourth-order valence-corrected chi connectivity index (χ4v) is 2.52. The van der Waals surface area contributed by atoms with Gasteiger partial charge in [-0.05, 0) is 24.1 Å². The number of hydrogen-bond acceptors (Lipinski definition) is 2. The molecule has 0 aliphatic carbocycles. The Hall–Kier alpha value is -1.25. The van der Waals surface area contributed by atoms with E-state index in [1.165, 1.54) is 17.3 Å². The molecule has 0 radical (unpaired) electrons. The zero-order valence-corrected chi connectivity index (χ0v) is 11.4. The minimum absolute atomic E-state index is 0.129. The average Bonchev–Trinajstić information content (AvgIpc) is 2.42. The van der Waals surface area contributed by atoms with Crippen molar-refractivity contribution in [3.05, 3.63) is 70.7 Å². The Morgan fingerprint density at radius 2 is 1.67 bits per heavy atom. The number of rotatable bonds is 4. The minimum Gasteiger partial charge on any atom is -0.282 e. The molecule has 0 heterocycles. The second-order valence-corrected chi connectivity index (χ2v) is 5.38. The summed E-state index contributed by atoms with van der Waals surface area (Å²) >= 11 is 7.17. The molecule has 0 fully saturated rings. The van der Waals surface area contributed by atoms with E-state index in [4.69, 9.17) is 11.6 Å². The monoisotopic (exact) mass is 276 g/mol. The maximum absolute atomic E-state index is 11.8. The normalized spacial score (nSPS) is 10.3. The molecule has 0 unspecified atom stereocenters. The Kier molecular flexibility index (Phi) is 4.85. The molecule has 0 amide bonds. The van der Waals surface area contributed by atoms with E-state index in [1.807, 2.05) is 54.6 Å². The molecule has 92 valence electrons. The zero-order chi connectivity index (χ0) is 12.8. The number of carbonyl (C=O) groups excluding carboxylic acids is 1. The van der Waals surface area contributed by atoms with E-state index < -0.39 is 0 Å². The maximum Gasteiger partial charge on any atom is 0.219 e. The van der Waals surface area contributed by atoms with E-state index in [-0.39, 0.29) is 5.12 Å². The lowest BCUT2D eigenvalue weighted by Crippen LogP contribution is -1.96. The Balaban J connectivity index is 1.82. The van der Waals surface area contributed by atoms with Crippen LogP contribution >= 0.6 is 23.4 Å². The summed E-state index contributed by atoms with van der Waals surface area (Å²) in [6.07, 6.45) is 0.875. The lowest BCUT2D eigenvalue weighted by atomic mass is 10.2. The quantitative estimate of drug-likeness (QED) is 0.820. The van der Waals surface area contributed by atoms with Crippen LogP contribution in [0.15, 0.2) is 54.6 Å². The summed E-state index contributed by atoms with van der Waals surface area (Å²) in [5.41, 5.74) is 1.96. The number of hydrogen-bond donors (Lipinski definition) is 0. The van der Waals surface area contributed by atoms with Crippen molar-refractivity contribution >= 4 is 28.5 Å². The first-order chi connectivity index (χ1) is 8.75. The highest BCUT2D eigenvalue weighted by molar-refractivity contribution is 8.14. The van der Waals surface area contributed by atoms with E-state index in [1.54, 1.807) is 0 Å². The maximum atomic E-state index is 11.8. The molecule has 0 aliphatic rings. The number of halogens is 1. The van der Waals surface area contributed by atoms with Gasteiger partial charge in [-0.3, -0.25) is 4.79 Å². The number of thioether (sulfide) groups is 1. The Bertz CT molecular complexity index is 508. The molecule has 3 heteroatoms. The minimum atomic E-state index is 0.129. The fourth-order valence-electron chi connectivity index (χ4n) is 1.57. The number of carbonyl (C=O) groups is 1. The zero-order valence-electron chi connectivity index (χ0n) is 9.80. The summed E-state index contributed by atoms with van der Waals surface area (Å²) in [4.78, 5) is 11.8. The molecule has 2 rings (SSSR count). The molecule has 0 saturated heterocycles. The summed E-state index contributed by atoms with van der Waals surface area (Å²) in [5.74, 6) is 0.787. The topological polar surface area (TPSA) is 17.1 Å². The van der Waals surface area contributed by atoms with Gasteiger partial charge in [0.05, 0.1) is 0 Å². The van der Waals surface area contributed by atoms with Crippen molar-refractivity contribution < 1.29 is 4.79 Å². The van der Waals surface area contributed by atoms with Crippen molar-refractivity contribution in [1.29, 1.82) is 0 Å². The lowest BCUT2D eigenvalue weighted by Gasteiger charge is -2.02. The van der Waals surface area contributed by atoms with Crippen molar-refractivity contribution in [2.75, 3.05) is 5.75 Å². The SMILES string of the molecule is O=C(SCCc1ccc(Cl)cc1)c1ccccc1. The number of benzene rings is 2. The molecule has 0 atom stereocenters. The molecule has 1 nitrogen and oxygen atoms in total. The van der Waals surface area contributed by atoms with Crippen LogP contribution < -0.4 is 0 Å². The third-order valence-electron chi connectivity index (χ3n) is 2.55. The molecular weight excluding hydrogens is 264 g/mol. The van der Waals surface area contributed by atoms with Gasteiger partial charge in [-0.25, -0.2) is 0 Å². The summed E-state index contributed by atoms with van der Waals surface area (Å²) < 4.78 is 0. The van der Waals surface area contributed by atoms with Gasteiger partial charge in [0, 0.05) is 16.3 Å². The van der Waals surface area contributed by atoms with Gasteiger partial charge in [0.25, 0.3) is 0 Å². The average molecular weight is 277 g/mol. The molecule has 0 aromatic heterocycles. The van der Waals surface area contributed by atoms with Gasteiger partial charge in [-0.2, -0.15) is 0 Å². The van der Waals surface area contributed by atoms with E-state index in [2.05, 4.69) is 0 Å². The van der Waals surface area contributed by atoms with Crippen LogP contribution in [-0.4, -0.2) is 10.9 Å². The molecule has 0 aliphatic heterocycles. The van der Waals surface area contributed by atoms with Crippen molar-refractivity contribution in [1.82, 2.24) is 0 Å². The van der Waals surface area contributed by atoms with E-state index in [0.29, 0.717) is 0 Å². The van der Waals surface area contributed by atoms with Crippen LogP contribution in [0.4, 0.5) is 0 Å². The van der Waals surface area contributed by atoms with Gasteiger partial charge in [-0.15, -0.1) is 0 Å². The predicted molar refractivity (Wildman–Crippen MR) is 78.4 cm³/mol. The van der Waals surface area contributed by atoms with Crippen molar-refractivity contribution in [3.8, 4) is 0 Å². The van der Waals surface area contributed by atoms with Crippen LogP contribution in [0.5, 0.6) is 0 Å². The van der Waals surface area contributed by atoms with E-state index in [9.17, 15) is 4.79 Å². The van der Waals surface area contributed by atoms with Gasteiger partial charge in [0.15, 0.2) is 0 Å². The Morgan fingerprint density at radius 3 is 2.33 bits per heavy atom. The summed E-state index contributed by atoms with van der Waals surface area (Å²) in [5, 5.41) is 0.872. The molecule has 2 aromatic rings. The van der Waals surface area contributed by atoms with Gasteiger partial charge in [0.2, 0.25) is 5.12 Å². The van der Waals surface area contributed by atoms with E-state index >= 15 is 0 Å². The van der Waals surface area contributed by atoms with Crippen LogP contribution in [0.3, 0.4) is 0 Å². The second-order valence-electron chi connectivity index (χ2n) is 3.88. The highest BCUT2D eigenvalue weighted by Crippen LogP contribution is 2.15. The third-order valence-corrected chi connectivity index (χ3v) is 3.70. The Labute approximate surface area is 116 Å². The fraction of sp³-hybridized carbons (Fsp3) is 0.133. The largest absolute Gasteiger partial charge is 0.282 e. The predicted octanol–water partition coefficient (Wildman–Crippen LogP) is 4.46. The van der Waals surface area contributed by atoms with Gasteiger partial charge >= 0.3 is 0 Å². The van der Waals surface area contributed by atoms with Crippen LogP contribution in [-0.2, 0) is 6.42 Å². The molecular formula is C15H13ClOS. The van der Waals surface area contributed by atoms with E-state index in [0.717, 1.165) is 22.8 Å². The molecule has 0 spiro atoms. The summed E-state index contributed by atoms with van der Waals surface area (Å²) in [6, 6.07) is 17.1. The molecule has 18 heavy (non-hydrogen) atoms. The van der Waals surface area contributed by atoms with Gasteiger partial charge < -0.3 is 0 Å². The third kappa shape index (κ3) is 3.90. The Morgan fingerprint density at radius 1 is 1.00 bits per heavy atom. The first kappa shape index (κ1) is 13.2. The molecule has 0 saturated carbocycles. The molecule has 2 aromatic carbocycles. The van der Waals surface area contributed by atoms with Crippen molar-refractivity contribution in [2.45, 2.75) is 6.42 Å². The lowest BCUT2D eigenvalue weighted by molar-refractivity contribution is 0.108. The number of aryl methyl sites for hydroxylation is 1. The molecule has 0 bridgehead atoms. The van der Waals surface area contributed by atoms with Crippen molar-refractivity contribution in [2.24, 2.45) is 0 Å². The standard InChI is InChI=1S/C15H13ClOS/c16-14-8-6-12(7-9-14)10-11-18-15(17)13-4-2-1-3-5-13/h1-9H,10-11H2. The first-order valence-electron chi connectivity index (χ1n) is 5.72. The van der Waals surface area contributed by atoms with Crippen molar-refractivity contribution in [3.63, 3.8) is 0 Å². The summed E-state index contributed by atoms with van der Waals surface area (Å²) in [6.45, 7) is 0. The molecule has 0 N–H and O–H groups in total. The van der Waals surface area contributed by atoms with Crippen LogP contribution in [0.2, 0.25) is 5.02 Å². The van der Waals surface area contributed by atoms with Gasteiger partial charge in [-0.1, -0.05) is 65.8 Å². The van der Waals surface area contributed by atoms with Gasteiger partial charge in [0.1, 0.15) is 0 Å².